The minimum atomic E-state index is -0.108. The van der Waals surface area contributed by atoms with Crippen molar-refractivity contribution in [1.82, 2.24) is 14.6 Å². The molecule has 0 fully saturated rings. The highest BCUT2D eigenvalue weighted by Gasteiger charge is 2.13. The van der Waals surface area contributed by atoms with Gasteiger partial charge in [-0.05, 0) is 36.3 Å². The number of aromatic nitrogens is 3. The van der Waals surface area contributed by atoms with Crippen LogP contribution in [0.15, 0.2) is 83.7 Å². The van der Waals surface area contributed by atoms with Crippen LogP contribution in [-0.4, -0.2) is 14.6 Å². The van der Waals surface area contributed by atoms with E-state index in [-0.39, 0.29) is 5.56 Å². The van der Waals surface area contributed by atoms with E-state index in [9.17, 15) is 4.79 Å². The second kappa shape index (κ2) is 8.16. The van der Waals surface area contributed by atoms with Gasteiger partial charge in [0.1, 0.15) is 12.4 Å². The first kappa shape index (κ1) is 19.2. The molecular weight excluding hydrogens is 406 g/mol. The quantitative estimate of drug-likeness (QED) is 0.422. The van der Waals surface area contributed by atoms with Crippen LogP contribution in [0.5, 0.6) is 5.75 Å². The number of ether oxygens (including phenoxy) is 1. The molecule has 5 aromatic rings. The van der Waals surface area contributed by atoms with E-state index in [0.29, 0.717) is 21.9 Å². The van der Waals surface area contributed by atoms with Crippen molar-refractivity contribution in [3.63, 3.8) is 0 Å². The van der Waals surface area contributed by atoms with Gasteiger partial charge in [-0.25, -0.2) is 4.40 Å². The summed E-state index contributed by atoms with van der Waals surface area (Å²) in [5.41, 5.74) is 4.05. The average molecular weight is 426 g/mol. The summed E-state index contributed by atoms with van der Waals surface area (Å²) in [5, 5.41) is 8.37. The van der Waals surface area contributed by atoms with Gasteiger partial charge in [0.15, 0.2) is 5.82 Å². The second-order valence-electron chi connectivity index (χ2n) is 7.27. The van der Waals surface area contributed by atoms with Crippen LogP contribution in [0.25, 0.3) is 22.4 Å². The first-order valence-electron chi connectivity index (χ1n) is 9.91. The summed E-state index contributed by atoms with van der Waals surface area (Å²) in [7, 11) is 0. The summed E-state index contributed by atoms with van der Waals surface area (Å²) in [6.45, 7) is 2.59. The number of aryl methyl sites for hydroxylation is 1. The fraction of sp³-hybridized carbons (Fsp3) is 0.0800. The number of rotatable bonds is 5. The number of hydrogen-bond donors (Lipinski definition) is 0. The Bertz CT molecular complexity index is 1440. The van der Waals surface area contributed by atoms with E-state index in [1.165, 1.54) is 16.9 Å². The monoisotopic (exact) mass is 425 g/mol. The zero-order valence-corrected chi connectivity index (χ0v) is 17.7. The van der Waals surface area contributed by atoms with E-state index in [1.807, 2.05) is 60.7 Å². The normalized spacial score (nSPS) is 11.8. The van der Waals surface area contributed by atoms with Gasteiger partial charge in [0.25, 0.3) is 5.56 Å². The maximum Gasteiger partial charge on any atom is 0.276 e. The van der Waals surface area contributed by atoms with Gasteiger partial charge in [-0.2, -0.15) is 0 Å². The van der Waals surface area contributed by atoms with Gasteiger partial charge in [-0.15, -0.1) is 10.2 Å². The predicted octanol–water partition coefficient (Wildman–Crippen LogP) is 4.25. The third kappa shape index (κ3) is 3.98. The first-order valence-corrected chi connectivity index (χ1v) is 10.7. The summed E-state index contributed by atoms with van der Waals surface area (Å²) in [6.07, 6.45) is 1.88. The molecule has 5 rings (SSSR count). The van der Waals surface area contributed by atoms with E-state index < -0.39 is 0 Å². The Balaban J connectivity index is 1.39. The fourth-order valence-corrected chi connectivity index (χ4v) is 4.21. The largest absolute Gasteiger partial charge is 0.489 e. The molecule has 2 aromatic heterocycles. The van der Waals surface area contributed by atoms with Gasteiger partial charge in [-0.3, -0.25) is 4.79 Å². The molecule has 0 saturated carbocycles. The molecule has 0 saturated heterocycles. The van der Waals surface area contributed by atoms with Crippen molar-refractivity contribution < 1.29 is 4.74 Å². The van der Waals surface area contributed by atoms with Crippen molar-refractivity contribution in [1.29, 1.82) is 0 Å². The Labute approximate surface area is 182 Å². The molecule has 0 N–H and O–H groups in total. The number of thiazole rings is 1. The zero-order chi connectivity index (χ0) is 21.2. The summed E-state index contributed by atoms with van der Waals surface area (Å²) >= 11 is 1.34. The highest BCUT2D eigenvalue weighted by molar-refractivity contribution is 7.15. The highest BCUT2D eigenvalue weighted by Crippen LogP contribution is 2.18. The summed E-state index contributed by atoms with van der Waals surface area (Å²) < 4.78 is 8.06. The van der Waals surface area contributed by atoms with Crippen LogP contribution >= 0.6 is 11.3 Å². The molecule has 0 aliphatic carbocycles. The summed E-state index contributed by atoms with van der Waals surface area (Å²) in [4.78, 5) is 13.6. The standard InChI is InChI=1S/C25H19N3O2S/c1-17-7-9-19(10-8-17)16-30-21-13-11-18(12-14-21)15-22-24(29)28-23(26-27-25(28)31-22)20-5-3-2-4-6-20/h2-15H,16H2,1H3. The number of fused-ring (bicyclic) bond motifs is 1. The molecule has 6 heteroatoms. The van der Waals surface area contributed by atoms with E-state index in [0.717, 1.165) is 22.4 Å². The van der Waals surface area contributed by atoms with Crippen molar-refractivity contribution in [2.24, 2.45) is 0 Å². The molecule has 0 amide bonds. The van der Waals surface area contributed by atoms with Crippen LogP contribution in [0, 0.1) is 6.92 Å². The van der Waals surface area contributed by atoms with Crippen LogP contribution < -0.4 is 14.8 Å². The zero-order valence-electron chi connectivity index (χ0n) is 16.9. The van der Waals surface area contributed by atoms with Gasteiger partial charge in [-0.1, -0.05) is 83.6 Å². The van der Waals surface area contributed by atoms with Gasteiger partial charge >= 0.3 is 0 Å². The molecule has 31 heavy (non-hydrogen) atoms. The van der Waals surface area contributed by atoms with Gasteiger partial charge in [0.05, 0.1) is 4.53 Å². The van der Waals surface area contributed by atoms with Crippen molar-refractivity contribution >= 4 is 22.4 Å². The predicted molar refractivity (Wildman–Crippen MR) is 123 cm³/mol. The SMILES string of the molecule is Cc1ccc(COc2ccc(C=c3sc4nnc(-c5ccccc5)n4c3=O)cc2)cc1. The van der Waals surface area contributed by atoms with Crippen molar-refractivity contribution in [3.8, 4) is 17.1 Å². The summed E-state index contributed by atoms with van der Waals surface area (Å²) in [5.74, 6) is 1.35. The molecule has 0 aliphatic rings. The number of hydrogen-bond acceptors (Lipinski definition) is 5. The molecule has 0 spiro atoms. The number of benzene rings is 3. The lowest BCUT2D eigenvalue weighted by Gasteiger charge is -2.06. The Hall–Kier alpha value is -3.77. The fourth-order valence-electron chi connectivity index (χ4n) is 3.30. The van der Waals surface area contributed by atoms with Crippen LogP contribution in [-0.2, 0) is 6.61 Å². The maximum absolute atomic E-state index is 13.0. The van der Waals surface area contributed by atoms with Crippen molar-refractivity contribution in [3.05, 3.63) is 110 Å². The number of nitrogens with zero attached hydrogens (tertiary/aromatic N) is 3. The Kier molecular flexibility index (Phi) is 5.06. The van der Waals surface area contributed by atoms with Crippen LogP contribution in [0.2, 0.25) is 0 Å². The van der Waals surface area contributed by atoms with E-state index >= 15 is 0 Å². The van der Waals surface area contributed by atoms with Gasteiger partial charge in [0.2, 0.25) is 4.96 Å². The minimum absolute atomic E-state index is 0.108. The van der Waals surface area contributed by atoms with Crippen LogP contribution in [0.3, 0.4) is 0 Å². The topological polar surface area (TPSA) is 56.5 Å². The van der Waals surface area contributed by atoms with Gasteiger partial charge in [0, 0.05) is 5.56 Å². The third-order valence-electron chi connectivity index (χ3n) is 4.98. The average Bonchev–Trinajstić information content (AvgIpc) is 3.35. The lowest BCUT2D eigenvalue weighted by molar-refractivity contribution is 0.306. The highest BCUT2D eigenvalue weighted by atomic mass is 32.1. The molecule has 0 bridgehead atoms. The molecule has 3 aromatic carbocycles. The maximum atomic E-state index is 13.0. The minimum Gasteiger partial charge on any atom is -0.489 e. The molecule has 0 atom stereocenters. The Morgan fingerprint density at radius 2 is 1.68 bits per heavy atom. The van der Waals surface area contributed by atoms with Crippen LogP contribution in [0.4, 0.5) is 0 Å². The van der Waals surface area contributed by atoms with Crippen molar-refractivity contribution in [2.45, 2.75) is 13.5 Å². The first-order chi connectivity index (χ1) is 15.2. The van der Waals surface area contributed by atoms with Crippen molar-refractivity contribution in [2.75, 3.05) is 0 Å². The lowest BCUT2D eigenvalue weighted by atomic mass is 10.2. The molecule has 0 unspecified atom stereocenters. The smallest absolute Gasteiger partial charge is 0.276 e. The molecule has 2 heterocycles. The Morgan fingerprint density at radius 1 is 0.935 bits per heavy atom. The third-order valence-corrected chi connectivity index (χ3v) is 5.94. The summed E-state index contributed by atoms with van der Waals surface area (Å²) in [6, 6.07) is 25.6. The molecule has 0 radical (unpaired) electrons. The van der Waals surface area contributed by atoms with E-state index in [4.69, 9.17) is 4.74 Å². The molecule has 5 nitrogen and oxygen atoms in total. The lowest BCUT2D eigenvalue weighted by Crippen LogP contribution is -2.23. The second-order valence-corrected chi connectivity index (χ2v) is 8.28. The molecular formula is C25H19N3O2S. The Morgan fingerprint density at radius 3 is 2.42 bits per heavy atom. The van der Waals surface area contributed by atoms with Crippen LogP contribution in [0.1, 0.15) is 16.7 Å². The molecule has 0 aliphatic heterocycles. The van der Waals surface area contributed by atoms with Gasteiger partial charge < -0.3 is 4.74 Å². The molecule has 152 valence electrons. The van der Waals surface area contributed by atoms with E-state index in [1.54, 1.807) is 4.40 Å². The van der Waals surface area contributed by atoms with E-state index in [2.05, 4.69) is 41.4 Å².